The molecule has 3 N–H and O–H groups in total. The molecule has 2 amide bonds. The van der Waals surface area contributed by atoms with E-state index in [1.807, 2.05) is 12.1 Å². The number of hydrogen-bond donors (Lipinski definition) is 3. The van der Waals surface area contributed by atoms with Crippen molar-refractivity contribution in [3.05, 3.63) is 59.4 Å². The number of halogens is 2. The van der Waals surface area contributed by atoms with Crippen LogP contribution < -0.4 is 20.4 Å². The second-order valence-electron chi connectivity index (χ2n) is 6.70. The maximum absolute atomic E-state index is 12.8. The summed E-state index contributed by atoms with van der Waals surface area (Å²) in [6.07, 6.45) is 0.924. The summed E-state index contributed by atoms with van der Waals surface area (Å²) in [7, 11) is 0. The SMILES string of the molecule is O=C(NCCC[NH+]1CCN(c2ccc(Cl)cc2)CC1)Nc1ccc(F)cc1. The molecule has 7 heteroatoms. The summed E-state index contributed by atoms with van der Waals surface area (Å²) in [4.78, 5) is 15.8. The van der Waals surface area contributed by atoms with Gasteiger partial charge in [0.15, 0.2) is 0 Å². The molecule has 27 heavy (non-hydrogen) atoms. The van der Waals surface area contributed by atoms with E-state index in [4.69, 9.17) is 11.6 Å². The minimum absolute atomic E-state index is 0.260. The Morgan fingerprint density at radius 1 is 1.07 bits per heavy atom. The van der Waals surface area contributed by atoms with E-state index in [2.05, 4.69) is 27.7 Å². The van der Waals surface area contributed by atoms with Gasteiger partial charge in [0.05, 0.1) is 32.7 Å². The fourth-order valence-corrected chi connectivity index (χ4v) is 3.36. The van der Waals surface area contributed by atoms with Gasteiger partial charge in [-0.15, -0.1) is 0 Å². The average molecular weight is 392 g/mol. The van der Waals surface area contributed by atoms with E-state index in [9.17, 15) is 9.18 Å². The second kappa shape index (κ2) is 9.58. The van der Waals surface area contributed by atoms with Crippen LogP contribution in [0, 0.1) is 5.82 Å². The zero-order chi connectivity index (χ0) is 19.1. The molecule has 0 aromatic heterocycles. The van der Waals surface area contributed by atoms with Gasteiger partial charge in [0.1, 0.15) is 5.82 Å². The summed E-state index contributed by atoms with van der Waals surface area (Å²) in [5.41, 5.74) is 1.80. The number of quaternary nitrogens is 1. The van der Waals surface area contributed by atoms with E-state index in [0.717, 1.165) is 44.2 Å². The van der Waals surface area contributed by atoms with Gasteiger partial charge in [-0.1, -0.05) is 11.6 Å². The fourth-order valence-electron chi connectivity index (χ4n) is 3.23. The lowest BCUT2D eigenvalue weighted by molar-refractivity contribution is -0.900. The van der Waals surface area contributed by atoms with E-state index >= 15 is 0 Å². The molecule has 5 nitrogen and oxygen atoms in total. The number of nitrogens with zero attached hydrogens (tertiary/aromatic N) is 1. The Balaban J connectivity index is 1.30. The number of urea groups is 1. The van der Waals surface area contributed by atoms with Crippen LogP contribution in [-0.4, -0.2) is 45.3 Å². The number of carbonyl (C=O) groups is 1. The first-order valence-electron chi connectivity index (χ1n) is 9.25. The van der Waals surface area contributed by atoms with Gasteiger partial charge in [-0.05, 0) is 48.5 Å². The molecule has 0 bridgehead atoms. The molecule has 1 heterocycles. The van der Waals surface area contributed by atoms with Crippen LogP contribution in [0.5, 0.6) is 0 Å². The lowest BCUT2D eigenvalue weighted by Crippen LogP contribution is -3.15. The Hall–Kier alpha value is -2.31. The zero-order valence-corrected chi connectivity index (χ0v) is 15.9. The first-order chi connectivity index (χ1) is 13.1. The van der Waals surface area contributed by atoms with Crippen molar-refractivity contribution in [3.8, 4) is 0 Å². The van der Waals surface area contributed by atoms with E-state index < -0.39 is 0 Å². The second-order valence-corrected chi connectivity index (χ2v) is 7.14. The van der Waals surface area contributed by atoms with Crippen molar-refractivity contribution in [3.63, 3.8) is 0 Å². The van der Waals surface area contributed by atoms with Crippen molar-refractivity contribution < 1.29 is 14.1 Å². The topological polar surface area (TPSA) is 48.8 Å². The molecule has 2 aromatic rings. The van der Waals surface area contributed by atoms with Crippen LogP contribution in [0.1, 0.15) is 6.42 Å². The van der Waals surface area contributed by atoms with Gasteiger partial charge in [-0.25, -0.2) is 9.18 Å². The third-order valence-corrected chi connectivity index (χ3v) is 5.01. The molecule has 2 aromatic carbocycles. The van der Waals surface area contributed by atoms with Crippen molar-refractivity contribution >= 4 is 29.0 Å². The lowest BCUT2D eigenvalue weighted by atomic mass is 10.2. The van der Waals surface area contributed by atoms with Crippen LogP contribution in [0.4, 0.5) is 20.6 Å². The monoisotopic (exact) mass is 391 g/mol. The molecule has 0 radical (unpaired) electrons. The summed E-state index contributed by atoms with van der Waals surface area (Å²) in [5, 5.41) is 6.30. The Labute approximate surface area is 164 Å². The first-order valence-corrected chi connectivity index (χ1v) is 9.62. The molecule has 0 unspecified atom stereocenters. The predicted octanol–water partition coefficient (Wildman–Crippen LogP) is 2.40. The van der Waals surface area contributed by atoms with Crippen molar-refractivity contribution in [2.24, 2.45) is 0 Å². The standard InChI is InChI=1S/C20H24ClFN4O/c21-16-2-8-19(9-3-16)26-14-12-25(13-15-26)11-1-10-23-20(27)24-18-6-4-17(22)5-7-18/h2-9H,1,10-15H2,(H2,23,24,27)/p+1. The molecular weight excluding hydrogens is 367 g/mol. The van der Waals surface area contributed by atoms with Crippen LogP contribution in [-0.2, 0) is 0 Å². The normalized spacial score (nSPS) is 14.8. The number of anilines is 2. The molecule has 1 fully saturated rings. The quantitative estimate of drug-likeness (QED) is 0.662. The van der Waals surface area contributed by atoms with Crippen LogP contribution in [0.25, 0.3) is 0 Å². The van der Waals surface area contributed by atoms with Crippen LogP contribution in [0.3, 0.4) is 0 Å². The molecule has 0 aliphatic carbocycles. The third kappa shape index (κ3) is 6.12. The molecular formula is C20H25ClFN4O+. The third-order valence-electron chi connectivity index (χ3n) is 4.76. The summed E-state index contributed by atoms with van der Waals surface area (Å²) < 4.78 is 12.8. The van der Waals surface area contributed by atoms with Crippen LogP contribution >= 0.6 is 11.6 Å². The minimum atomic E-state index is -0.319. The highest BCUT2D eigenvalue weighted by molar-refractivity contribution is 6.30. The Morgan fingerprint density at radius 3 is 2.41 bits per heavy atom. The molecule has 1 aliphatic rings. The molecule has 1 aliphatic heterocycles. The smallest absolute Gasteiger partial charge is 0.319 e. The number of carbonyl (C=O) groups excluding carboxylic acids is 1. The average Bonchev–Trinajstić information content (AvgIpc) is 2.68. The van der Waals surface area contributed by atoms with Crippen molar-refractivity contribution in [1.29, 1.82) is 0 Å². The molecule has 1 saturated heterocycles. The molecule has 144 valence electrons. The molecule has 0 saturated carbocycles. The number of benzene rings is 2. The Morgan fingerprint density at radius 2 is 1.74 bits per heavy atom. The van der Waals surface area contributed by atoms with Gasteiger partial charge in [0.25, 0.3) is 0 Å². The highest BCUT2D eigenvalue weighted by atomic mass is 35.5. The highest BCUT2D eigenvalue weighted by Gasteiger charge is 2.19. The van der Waals surface area contributed by atoms with Crippen molar-refractivity contribution in [2.75, 3.05) is 49.5 Å². The van der Waals surface area contributed by atoms with Gasteiger partial charge in [-0.2, -0.15) is 0 Å². The van der Waals surface area contributed by atoms with Crippen LogP contribution in [0.2, 0.25) is 5.02 Å². The number of nitrogens with one attached hydrogen (secondary N) is 3. The summed E-state index contributed by atoms with van der Waals surface area (Å²) in [5.74, 6) is -0.319. The van der Waals surface area contributed by atoms with Gasteiger partial charge in [0, 0.05) is 29.4 Å². The fraction of sp³-hybridized carbons (Fsp3) is 0.350. The predicted molar refractivity (Wildman–Crippen MR) is 107 cm³/mol. The maximum atomic E-state index is 12.8. The van der Waals surface area contributed by atoms with E-state index in [0.29, 0.717) is 12.2 Å². The lowest BCUT2D eigenvalue weighted by Gasteiger charge is -2.33. The van der Waals surface area contributed by atoms with Crippen LogP contribution in [0.15, 0.2) is 48.5 Å². The van der Waals surface area contributed by atoms with E-state index in [1.165, 1.54) is 17.8 Å². The minimum Gasteiger partial charge on any atom is -0.360 e. The Kier molecular flexibility index (Phi) is 6.90. The number of amides is 2. The highest BCUT2D eigenvalue weighted by Crippen LogP contribution is 2.17. The molecule has 3 rings (SSSR count). The summed E-state index contributed by atoms with van der Waals surface area (Å²) in [6.45, 7) is 5.88. The van der Waals surface area contributed by atoms with Gasteiger partial charge in [-0.3, -0.25) is 0 Å². The van der Waals surface area contributed by atoms with E-state index in [1.54, 1.807) is 17.0 Å². The number of rotatable bonds is 6. The first kappa shape index (κ1) is 19.5. The maximum Gasteiger partial charge on any atom is 0.319 e. The number of piperazine rings is 1. The zero-order valence-electron chi connectivity index (χ0n) is 15.2. The number of hydrogen-bond acceptors (Lipinski definition) is 2. The van der Waals surface area contributed by atoms with Gasteiger partial charge < -0.3 is 20.4 Å². The summed E-state index contributed by atoms with van der Waals surface area (Å²) >= 11 is 5.95. The Bertz CT molecular complexity index is 731. The largest absolute Gasteiger partial charge is 0.360 e. The van der Waals surface area contributed by atoms with Crippen molar-refractivity contribution in [1.82, 2.24) is 5.32 Å². The van der Waals surface area contributed by atoms with Gasteiger partial charge in [0.2, 0.25) is 0 Å². The van der Waals surface area contributed by atoms with Crippen molar-refractivity contribution in [2.45, 2.75) is 6.42 Å². The molecule has 0 atom stereocenters. The van der Waals surface area contributed by atoms with Gasteiger partial charge >= 0.3 is 6.03 Å². The summed E-state index contributed by atoms with van der Waals surface area (Å²) in [6, 6.07) is 13.5. The molecule has 0 spiro atoms. The van der Waals surface area contributed by atoms with E-state index in [-0.39, 0.29) is 11.8 Å².